The van der Waals surface area contributed by atoms with Crippen molar-refractivity contribution in [1.82, 2.24) is 5.32 Å². The van der Waals surface area contributed by atoms with Gasteiger partial charge in [0.1, 0.15) is 0 Å². The van der Waals surface area contributed by atoms with Crippen LogP contribution in [0.25, 0.3) is 0 Å². The predicted octanol–water partition coefficient (Wildman–Crippen LogP) is 2.95. The number of ketones is 1. The van der Waals surface area contributed by atoms with Gasteiger partial charge in [-0.3, -0.25) is 9.59 Å². The Kier molecular flexibility index (Phi) is 3.15. The third kappa shape index (κ3) is 2.30. The Morgan fingerprint density at radius 3 is 2.84 bits per heavy atom. The zero-order valence-electron chi connectivity index (χ0n) is 10.4. The number of rotatable bonds is 1. The van der Waals surface area contributed by atoms with Crippen LogP contribution >= 0.6 is 11.6 Å². The first-order valence-corrected chi connectivity index (χ1v) is 6.84. The maximum atomic E-state index is 12.2. The topological polar surface area (TPSA) is 46.2 Å². The van der Waals surface area contributed by atoms with Gasteiger partial charge in [0.2, 0.25) is 5.91 Å². The van der Waals surface area contributed by atoms with Gasteiger partial charge in [-0.1, -0.05) is 23.7 Å². The summed E-state index contributed by atoms with van der Waals surface area (Å²) in [6.07, 6.45) is 2.50. The quantitative estimate of drug-likeness (QED) is 0.856. The number of carbonyl (C=O) groups excluding carboxylic acids is 2. The molecule has 3 nitrogen and oxygen atoms in total. The van der Waals surface area contributed by atoms with Crippen LogP contribution in [0.5, 0.6) is 0 Å². The second kappa shape index (κ2) is 4.82. The third-order valence-electron chi connectivity index (χ3n) is 3.74. The summed E-state index contributed by atoms with van der Waals surface area (Å²) in [5.74, 6) is -0.0000916. The molecule has 0 aromatic heterocycles. The van der Waals surface area contributed by atoms with E-state index in [2.05, 4.69) is 5.32 Å². The van der Waals surface area contributed by atoms with Gasteiger partial charge in [0.05, 0.1) is 0 Å². The first-order valence-electron chi connectivity index (χ1n) is 6.46. The third-order valence-corrected chi connectivity index (χ3v) is 3.97. The minimum atomic E-state index is -0.143. The molecule has 0 saturated heterocycles. The molecule has 1 heterocycles. The number of Topliss-reactive ketones (excluding diaryl/α,β-unsaturated/α-hetero) is 1. The van der Waals surface area contributed by atoms with Crippen LogP contribution in [0.4, 0.5) is 0 Å². The van der Waals surface area contributed by atoms with E-state index in [1.165, 1.54) is 0 Å². The fraction of sp³-hybridized carbons (Fsp3) is 0.333. The van der Waals surface area contributed by atoms with E-state index < -0.39 is 0 Å². The first kappa shape index (κ1) is 12.4. The molecule has 1 aromatic carbocycles. The molecule has 1 unspecified atom stereocenters. The van der Waals surface area contributed by atoms with E-state index in [4.69, 9.17) is 11.6 Å². The van der Waals surface area contributed by atoms with E-state index in [9.17, 15) is 9.59 Å². The number of carbonyl (C=O) groups is 2. The second-order valence-electron chi connectivity index (χ2n) is 5.03. The predicted molar refractivity (Wildman–Crippen MR) is 72.8 cm³/mol. The standard InChI is InChI=1S/C15H14ClNO2/c16-10-4-1-3-9(7-10)11-8-14(19)17-12-5-2-6-13(18)15(11)12/h1,3-4,7,11H,2,5-6,8H2,(H,17,19). The van der Waals surface area contributed by atoms with Gasteiger partial charge in [-0.2, -0.15) is 0 Å². The first-order chi connectivity index (χ1) is 9.15. The van der Waals surface area contributed by atoms with Gasteiger partial charge in [0, 0.05) is 35.1 Å². The van der Waals surface area contributed by atoms with E-state index in [-0.39, 0.29) is 17.6 Å². The molecule has 0 saturated carbocycles. The zero-order valence-corrected chi connectivity index (χ0v) is 11.2. The van der Waals surface area contributed by atoms with Crippen LogP contribution in [0.15, 0.2) is 35.5 Å². The lowest BCUT2D eigenvalue weighted by molar-refractivity contribution is -0.122. The highest BCUT2D eigenvalue weighted by molar-refractivity contribution is 6.30. The van der Waals surface area contributed by atoms with Crippen molar-refractivity contribution in [3.8, 4) is 0 Å². The van der Waals surface area contributed by atoms with Crippen molar-refractivity contribution in [2.24, 2.45) is 0 Å². The molecule has 1 aliphatic heterocycles. The van der Waals surface area contributed by atoms with Crippen molar-refractivity contribution in [3.05, 3.63) is 46.1 Å². The maximum Gasteiger partial charge on any atom is 0.225 e. The Balaban J connectivity index is 2.08. The van der Waals surface area contributed by atoms with E-state index in [1.54, 1.807) is 6.07 Å². The zero-order chi connectivity index (χ0) is 13.4. The average molecular weight is 276 g/mol. The molecule has 0 bridgehead atoms. The molecule has 19 heavy (non-hydrogen) atoms. The number of benzene rings is 1. The number of hydrogen-bond acceptors (Lipinski definition) is 2. The molecule has 1 aliphatic carbocycles. The Hall–Kier alpha value is -1.61. The van der Waals surface area contributed by atoms with Crippen LogP contribution in [0, 0.1) is 0 Å². The smallest absolute Gasteiger partial charge is 0.225 e. The monoisotopic (exact) mass is 275 g/mol. The second-order valence-corrected chi connectivity index (χ2v) is 5.47. The summed E-state index contributed by atoms with van der Waals surface area (Å²) in [5, 5.41) is 3.48. The van der Waals surface area contributed by atoms with Gasteiger partial charge < -0.3 is 5.32 Å². The Labute approximate surface area is 116 Å². The molecular weight excluding hydrogens is 262 g/mol. The van der Waals surface area contributed by atoms with E-state index in [0.29, 0.717) is 17.9 Å². The van der Waals surface area contributed by atoms with Crippen LogP contribution in [-0.4, -0.2) is 11.7 Å². The Morgan fingerprint density at radius 2 is 2.05 bits per heavy atom. The summed E-state index contributed by atoms with van der Waals surface area (Å²) in [4.78, 5) is 24.0. The summed E-state index contributed by atoms with van der Waals surface area (Å²) in [6.45, 7) is 0. The summed E-state index contributed by atoms with van der Waals surface area (Å²) in [7, 11) is 0. The molecular formula is C15H14ClNO2. The summed E-state index contributed by atoms with van der Waals surface area (Å²) < 4.78 is 0. The van der Waals surface area contributed by atoms with Crippen LogP contribution in [0.1, 0.15) is 37.2 Å². The van der Waals surface area contributed by atoms with E-state index >= 15 is 0 Å². The molecule has 0 spiro atoms. The molecule has 3 rings (SSSR count). The number of allylic oxidation sites excluding steroid dienone is 2. The molecule has 1 aromatic rings. The lowest BCUT2D eigenvalue weighted by Crippen LogP contribution is -2.36. The van der Waals surface area contributed by atoms with Crippen molar-refractivity contribution in [3.63, 3.8) is 0 Å². The van der Waals surface area contributed by atoms with Gasteiger partial charge >= 0.3 is 0 Å². The highest BCUT2D eigenvalue weighted by atomic mass is 35.5. The fourth-order valence-corrected chi connectivity index (χ4v) is 3.11. The molecule has 1 N–H and O–H groups in total. The number of nitrogens with one attached hydrogen (secondary N) is 1. The minimum absolute atomic E-state index is 0.0153. The van der Waals surface area contributed by atoms with Crippen molar-refractivity contribution in [1.29, 1.82) is 0 Å². The lowest BCUT2D eigenvalue weighted by atomic mass is 9.78. The molecule has 0 fully saturated rings. The summed E-state index contributed by atoms with van der Waals surface area (Å²) in [5.41, 5.74) is 2.55. The maximum absolute atomic E-state index is 12.2. The van der Waals surface area contributed by atoms with E-state index in [1.807, 2.05) is 18.2 Å². The fourth-order valence-electron chi connectivity index (χ4n) is 2.91. The van der Waals surface area contributed by atoms with Crippen LogP contribution < -0.4 is 5.32 Å². The number of amides is 1. The van der Waals surface area contributed by atoms with Gasteiger partial charge in [-0.05, 0) is 30.5 Å². The van der Waals surface area contributed by atoms with Gasteiger partial charge in [0.15, 0.2) is 5.78 Å². The molecule has 4 heteroatoms. The minimum Gasteiger partial charge on any atom is -0.329 e. The van der Waals surface area contributed by atoms with Gasteiger partial charge in [0.25, 0.3) is 0 Å². The van der Waals surface area contributed by atoms with Crippen LogP contribution in [-0.2, 0) is 9.59 Å². The van der Waals surface area contributed by atoms with Crippen molar-refractivity contribution in [2.75, 3.05) is 0 Å². The van der Waals surface area contributed by atoms with E-state index in [0.717, 1.165) is 29.7 Å². The van der Waals surface area contributed by atoms with Crippen molar-refractivity contribution >= 4 is 23.3 Å². The van der Waals surface area contributed by atoms with Crippen LogP contribution in [0.3, 0.4) is 0 Å². The molecule has 98 valence electrons. The van der Waals surface area contributed by atoms with Crippen LogP contribution in [0.2, 0.25) is 5.02 Å². The molecule has 2 aliphatic rings. The highest BCUT2D eigenvalue weighted by Crippen LogP contribution is 2.38. The molecule has 1 atom stereocenters. The molecule has 0 radical (unpaired) electrons. The van der Waals surface area contributed by atoms with Crippen molar-refractivity contribution in [2.45, 2.75) is 31.6 Å². The van der Waals surface area contributed by atoms with Gasteiger partial charge in [-0.25, -0.2) is 0 Å². The summed E-state index contributed by atoms with van der Waals surface area (Å²) >= 11 is 6.01. The Bertz CT molecular complexity index is 592. The Morgan fingerprint density at radius 1 is 1.21 bits per heavy atom. The largest absolute Gasteiger partial charge is 0.329 e. The number of hydrogen-bond donors (Lipinski definition) is 1. The van der Waals surface area contributed by atoms with Gasteiger partial charge in [-0.15, -0.1) is 0 Å². The average Bonchev–Trinajstić information content (AvgIpc) is 2.37. The highest BCUT2D eigenvalue weighted by Gasteiger charge is 2.34. The normalized spacial score (nSPS) is 23.1. The lowest BCUT2D eigenvalue weighted by Gasteiger charge is -2.31. The molecule has 1 amide bonds. The number of halogens is 1. The summed E-state index contributed by atoms with van der Waals surface area (Å²) in [6, 6.07) is 7.43. The van der Waals surface area contributed by atoms with Crippen molar-refractivity contribution < 1.29 is 9.59 Å². The SMILES string of the molecule is O=C1CC(c2cccc(Cl)c2)C2=C(CCCC2=O)N1.